The van der Waals surface area contributed by atoms with Gasteiger partial charge >= 0.3 is 5.97 Å². The Morgan fingerprint density at radius 1 is 0.971 bits per heavy atom. The smallest absolute Gasteiger partial charge is 0.334 e. The summed E-state index contributed by atoms with van der Waals surface area (Å²) < 4.78 is 21.1. The molecule has 174 valence electrons. The van der Waals surface area contributed by atoms with Gasteiger partial charge in [0.2, 0.25) is 6.30 Å². The van der Waals surface area contributed by atoms with Crippen LogP contribution in [0.4, 0.5) is 10.1 Å². The second-order valence-electron chi connectivity index (χ2n) is 8.49. The molecule has 0 spiro atoms. The van der Waals surface area contributed by atoms with Crippen LogP contribution >= 0.6 is 0 Å². The first-order valence-corrected chi connectivity index (χ1v) is 11.1. The van der Waals surface area contributed by atoms with Gasteiger partial charge in [0.25, 0.3) is 5.91 Å². The number of carbonyl (C=O) groups excluding carboxylic acids is 2. The summed E-state index contributed by atoms with van der Waals surface area (Å²) in [5.74, 6) is -1.25. The van der Waals surface area contributed by atoms with Crippen LogP contribution < -0.4 is 5.32 Å². The minimum Gasteiger partial charge on any atom is -0.451 e. The van der Waals surface area contributed by atoms with Gasteiger partial charge in [0.05, 0.1) is 0 Å². The molecule has 0 saturated carbocycles. The molecule has 0 aromatic heterocycles. The van der Waals surface area contributed by atoms with E-state index in [9.17, 15) is 9.59 Å². The Kier molecular flexibility index (Phi) is 6.77. The SMILES string of the molecule is C=C(C)C(C(=O)OC(c1ccccc1)c1ccccc1)N1C(=O)C(Nc2ccc(C)cc2)C1F. The molecule has 1 amide bonds. The number of amides is 1. The zero-order valence-corrected chi connectivity index (χ0v) is 19.1. The van der Waals surface area contributed by atoms with Crippen LogP contribution in [0.25, 0.3) is 0 Å². The Labute approximate surface area is 198 Å². The molecule has 1 fully saturated rings. The van der Waals surface area contributed by atoms with Gasteiger partial charge < -0.3 is 10.1 Å². The minimum absolute atomic E-state index is 0.328. The Morgan fingerprint density at radius 3 is 1.97 bits per heavy atom. The number of likely N-dealkylation sites (tertiary alicyclic amines) is 1. The van der Waals surface area contributed by atoms with Crippen molar-refractivity contribution < 1.29 is 18.7 Å². The van der Waals surface area contributed by atoms with Crippen LogP contribution in [-0.4, -0.2) is 35.2 Å². The summed E-state index contributed by atoms with van der Waals surface area (Å²) in [4.78, 5) is 27.1. The number of carbonyl (C=O) groups is 2. The number of anilines is 1. The van der Waals surface area contributed by atoms with E-state index in [-0.39, 0.29) is 0 Å². The lowest BCUT2D eigenvalue weighted by molar-refractivity contribution is -0.174. The van der Waals surface area contributed by atoms with Crippen molar-refractivity contribution in [3.05, 3.63) is 114 Å². The molecule has 6 heteroatoms. The van der Waals surface area contributed by atoms with Crippen molar-refractivity contribution in [3.63, 3.8) is 0 Å². The lowest BCUT2D eigenvalue weighted by atomic mass is 9.97. The first-order valence-electron chi connectivity index (χ1n) is 11.1. The number of β-lactam (4-membered cyclic amide) rings is 1. The van der Waals surface area contributed by atoms with Crippen LogP contribution in [0.1, 0.15) is 29.7 Å². The van der Waals surface area contributed by atoms with Crippen molar-refractivity contribution in [2.24, 2.45) is 0 Å². The van der Waals surface area contributed by atoms with Crippen molar-refractivity contribution in [2.75, 3.05) is 5.32 Å². The van der Waals surface area contributed by atoms with Crippen LogP contribution in [-0.2, 0) is 14.3 Å². The number of rotatable bonds is 8. The van der Waals surface area contributed by atoms with Gasteiger partial charge in [0.1, 0.15) is 0 Å². The summed E-state index contributed by atoms with van der Waals surface area (Å²) in [5.41, 5.74) is 3.56. The summed E-state index contributed by atoms with van der Waals surface area (Å²) in [6.07, 6.45) is -2.40. The van der Waals surface area contributed by atoms with Gasteiger partial charge in [-0.15, -0.1) is 0 Å². The third-order valence-corrected chi connectivity index (χ3v) is 5.84. The zero-order valence-electron chi connectivity index (χ0n) is 19.1. The third kappa shape index (κ3) is 4.71. The van der Waals surface area contributed by atoms with Crippen LogP contribution in [0.5, 0.6) is 0 Å². The van der Waals surface area contributed by atoms with E-state index < -0.39 is 36.4 Å². The van der Waals surface area contributed by atoms with Crippen LogP contribution in [0.15, 0.2) is 97.1 Å². The van der Waals surface area contributed by atoms with E-state index >= 15 is 4.39 Å². The van der Waals surface area contributed by atoms with Gasteiger partial charge in [-0.1, -0.05) is 84.9 Å². The number of nitrogens with zero attached hydrogens (tertiary/aromatic N) is 1. The zero-order chi connectivity index (χ0) is 24.2. The van der Waals surface area contributed by atoms with Gasteiger partial charge in [-0.3, -0.25) is 9.69 Å². The van der Waals surface area contributed by atoms with Crippen molar-refractivity contribution in [2.45, 2.75) is 38.3 Å². The van der Waals surface area contributed by atoms with Crippen molar-refractivity contribution in [1.29, 1.82) is 0 Å². The maximum Gasteiger partial charge on any atom is 0.334 e. The number of hydrogen-bond acceptors (Lipinski definition) is 4. The molecule has 0 bridgehead atoms. The topological polar surface area (TPSA) is 58.6 Å². The average molecular weight is 459 g/mol. The maximum absolute atomic E-state index is 15.2. The predicted octanol–water partition coefficient (Wildman–Crippen LogP) is 5.19. The number of benzene rings is 3. The highest BCUT2D eigenvalue weighted by Gasteiger charge is 2.54. The molecule has 4 rings (SSSR count). The molecule has 0 radical (unpaired) electrons. The van der Waals surface area contributed by atoms with Crippen LogP contribution in [0, 0.1) is 6.92 Å². The normalized spacial score (nSPS) is 18.2. The first-order chi connectivity index (χ1) is 16.4. The molecule has 0 aliphatic carbocycles. The Bertz CT molecular complexity index is 1130. The molecule has 3 unspecified atom stereocenters. The van der Waals surface area contributed by atoms with Crippen LogP contribution in [0.2, 0.25) is 0 Å². The summed E-state index contributed by atoms with van der Waals surface area (Å²) >= 11 is 0. The standard InChI is InChI=1S/C28H27FN2O3/c1-18(2)24(31-26(29)23(27(31)32)30-22-16-14-19(3)15-17-22)28(33)34-25(20-10-6-4-7-11-20)21-12-8-5-9-13-21/h4-17,23-26,30H,1H2,2-3H3. The molecule has 34 heavy (non-hydrogen) atoms. The molecule has 1 N–H and O–H groups in total. The fourth-order valence-corrected chi connectivity index (χ4v) is 4.02. The second kappa shape index (κ2) is 9.91. The molecule has 1 heterocycles. The Hall–Kier alpha value is -3.93. The highest BCUT2D eigenvalue weighted by atomic mass is 19.1. The molecule has 3 atom stereocenters. The number of aryl methyl sites for hydroxylation is 1. The first kappa shape index (κ1) is 23.2. The highest BCUT2D eigenvalue weighted by molar-refractivity contribution is 5.96. The summed E-state index contributed by atoms with van der Waals surface area (Å²) in [6.45, 7) is 7.37. The second-order valence-corrected chi connectivity index (χ2v) is 8.49. The molecule has 1 aliphatic heterocycles. The summed E-state index contributed by atoms with van der Waals surface area (Å²) in [7, 11) is 0. The molecule has 1 saturated heterocycles. The van der Waals surface area contributed by atoms with Crippen molar-refractivity contribution >= 4 is 17.6 Å². The number of halogens is 1. The third-order valence-electron chi connectivity index (χ3n) is 5.84. The fourth-order valence-electron chi connectivity index (χ4n) is 4.02. The predicted molar refractivity (Wildman–Crippen MR) is 130 cm³/mol. The minimum atomic E-state index is -1.70. The van der Waals surface area contributed by atoms with Gasteiger partial charge in [0, 0.05) is 5.69 Å². The quantitative estimate of drug-likeness (QED) is 0.218. The van der Waals surface area contributed by atoms with Gasteiger partial charge in [-0.2, -0.15) is 0 Å². The summed E-state index contributed by atoms with van der Waals surface area (Å²) in [6, 6.07) is 23.6. The molecule has 3 aromatic rings. The van der Waals surface area contributed by atoms with Crippen molar-refractivity contribution in [1.82, 2.24) is 4.90 Å². The molecular formula is C28H27FN2O3. The van der Waals surface area contributed by atoms with E-state index in [0.29, 0.717) is 11.3 Å². The number of hydrogen-bond donors (Lipinski definition) is 1. The van der Waals surface area contributed by atoms with E-state index in [1.807, 2.05) is 79.7 Å². The summed E-state index contributed by atoms with van der Waals surface area (Å²) in [5, 5.41) is 2.91. The van der Waals surface area contributed by atoms with E-state index in [0.717, 1.165) is 21.6 Å². The lowest BCUT2D eigenvalue weighted by Crippen LogP contribution is -2.70. The number of nitrogens with one attached hydrogen (secondary N) is 1. The lowest BCUT2D eigenvalue weighted by Gasteiger charge is -2.46. The number of esters is 1. The van der Waals surface area contributed by atoms with Crippen molar-refractivity contribution in [3.8, 4) is 0 Å². The average Bonchev–Trinajstić information content (AvgIpc) is 2.85. The largest absolute Gasteiger partial charge is 0.451 e. The van der Waals surface area contributed by atoms with E-state index in [1.165, 1.54) is 0 Å². The Balaban J connectivity index is 1.53. The molecule has 3 aromatic carbocycles. The van der Waals surface area contributed by atoms with Gasteiger partial charge in [0.15, 0.2) is 18.2 Å². The van der Waals surface area contributed by atoms with E-state index in [1.54, 1.807) is 19.1 Å². The molecular weight excluding hydrogens is 431 g/mol. The molecule has 5 nitrogen and oxygen atoms in total. The van der Waals surface area contributed by atoms with E-state index in [4.69, 9.17) is 4.74 Å². The highest BCUT2D eigenvalue weighted by Crippen LogP contribution is 2.33. The monoisotopic (exact) mass is 458 g/mol. The molecule has 1 aliphatic rings. The number of alkyl halides is 1. The number of ether oxygens (including phenoxy) is 1. The van der Waals surface area contributed by atoms with Gasteiger partial charge in [-0.05, 0) is 42.7 Å². The van der Waals surface area contributed by atoms with E-state index in [2.05, 4.69) is 11.9 Å². The fraction of sp³-hybridized carbons (Fsp3) is 0.214. The maximum atomic E-state index is 15.2. The van der Waals surface area contributed by atoms with Gasteiger partial charge in [-0.25, -0.2) is 9.18 Å². The van der Waals surface area contributed by atoms with Crippen LogP contribution in [0.3, 0.4) is 0 Å². The Morgan fingerprint density at radius 2 is 1.50 bits per heavy atom.